The van der Waals surface area contributed by atoms with Crippen LogP contribution in [0, 0.1) is 0 Å². The van der Waals surface area contributed by atoms with E-state index in [0.717, 1.165) is 28.3 Å². The highest BCUT2D eigenvalue weighted by Crippen LogP contribution is 2.38. The molecule has 1 amide bonds. The number of benzene rings is 3. The molecule has 35 heavy (non-hydrogen) atoms. The average molecular weight is 491 g/mol. The van der Waals surface area contributed by atoms with E-state index >= 15 is 0 Å². The molecule has 4 rings (SSSR count). The van der Waals surface area contributed by atoms with Crippen LogP contribution < -0.4 is 19.5 Å². The van der Waals surface area contributed by atoms with E-state index in [4.69, 9.17) is 14.2 Å². The van der Waals surface area contributed by atoms with Crippen molar-refractivity contribution < 1.29 is 19.0 Å². The third-order valence-electron chi connectivity index (χ3n) is 5.48. The molecule has 0 saturated heterocycles. The standard InChI is InChI=1S/C28H30N2O4S/c1-4-33-24-15-12-20(18-25(24)34-5-2)28(31)29-16-17-35-27-22-8-6-7-9-23(22)30-26(27)19-10-13-21(32-3)14-11-19/h6-15,18,30H,4-5,16-17H2,1-3H3,(H,29,31). The van der Waals surface area contributed by atoms with E-state index < -0.39 is 0 Å². The zero-order valence-corrected chi connectivity index (χ0v) is 21.0. The van der Waals surface area contributed by atoms with Crippen LogP contribution in [-0.4, -0.2) is 43.5 Å². The molecule has 0 spiro atoms. The fourth-order valence-electron chi connectivity index (χ4n) is 3.84. The number of amides is 1. The lowest BCUT2D eigenvalue weighted by Gasteiger charge is -2.12. The number of ether oxygens (including phenoxy) is 3. The number of thioether (sulfide) groups is 1. The van der Waals surface area contributed by atoms with Crippen molar-refractivity contribution in [2.24, 2.45) is 0 Å². The maximum Gasteiger partial charge on any atom is 0.251 e. The van der Waals surface area contributed by atoms with Gasteiger partial charge in [0.2, 0.25) is 0 Å². The lowest BCUT2D eigenvalue weighted by Crippen LogP contribution is -2.25. The number of hydrogen-bond acceptors (Lipinski definition) is 5. The van der Waals surface area contributed by atoms with Crippen LogP contribution in [0.3, 0.4) is 0 Å². The molecule has 0 saturated carbocycles. The zero-order valence-electron chi connectivity index (χ0n) is 20.2. The van der Waals surface area contributed by atoms with Crippen molar-refractivity contribution in [2.75, 3.05) is 32.6 Å². The number of carbonyl (C=O) groups excluding carboxylic acids is 1. The number of nitrogens with one attached hydrogen (secondary N) is 2. The molecule has 0 fully saturated rings. The summed E-state index contributed by atoms with van der Waals surface area (Å²) in [5.41, 5.74) is 3.79. The Kier molecular flexibility index (Phi) is 8.21. The first-order valence-corrected chi connectivity index (χ1v) is 12.7. The van der Waals surface area contributed by atoms with Crippen LogP contribution in [-0.2, 0) is 0 Å². The maximum atomic E-state index is 12.8. The number of methoxy groups -OCH3 is 1. The van der Waals surface area contributed by atoms with E-state index in [2.05, 4.69) is 34.6 Å². The summed E-state index contributed by atoms with van der Waals surface area (Å²) in [5.74, 6) is 2.64. The van der Waals surface area contributed by atoms with Crippen molar-refractivity contribution in [3.8, 4) is 28.5 Å². The number of hydrogen-bond donors (Lipinski definition) is 2. The van der Waals surface area contributed by atoms with Crippen molar-refractivity contribution >= 4 is 28.6 Å². The molecule has 3 aromatic carbocycles. The summed E-state index contributed by atoms with van der Waals surface area (Å²) in [6.45, 7) is 5.40. The minimum absolute atomic E-state index is 0.135. The van der Waals surface area contributed by atoms with E-state index in [9.17, 15) is 4.79 Å². The van der Waals surface area contributed by atoms with Crippen LogP contribution in [0.2, 0.25) is 0 Å². The van der Waals surface area contributed by atoms with E-state index in [1.54, 1.807) is 37.1 Å². The van der Waals surface area contributed by atoms with Gasteiger partial charge in [0.05, 0.1) is 26.0 Å². The fourth-order valence-corrected chi connectivity index (χ4v) is 4.89. The third-order valence-corrected chi connectivity index (χ3v) is 6.60. The lowest BCUT2D eigenvalue weighted by atomic mass is 10.1. The van der Waals surface area contributed by atoms with Crippen LogP contribution in [0.1, 0.15) is 24.2 Å². The van der Waals surface area contributed by atoms with Gasteiger partial charge in [0.1, 0.15) is 5.75 Å². The first-order chi connectivity index (χ1) is 17.1. The summed E-state index contributed by atoms with van der Waals surface area (Å²) in [6, 6.07) is 21.6. The highest BCUT2D eigenvalue weighted by Gasteiger charge is 2.15. The molecule has 7 heteroatoms. The number of rotatable bonds is 11. The molecule has 6 nitrogen and oxygen atoms in total. The summed E-state index contributed by atoms with van der Waals surface area (Å²) in [4.78, 5) is 17.5. The van der Waals surface area contributed by atoms with Crippen LogP contribution in [0.4, 0.5) is 0 Å². The van der Waals surface area contributed by atoms with Gasteiger partial charge in [-0.25, -0.2) is 0 Å². The van der Waals surface area contributed by atoms with Gasteiger partial charge in [-0.2, -0.15) is 0 Å². The van der Waals surface area contributed by atoms with Crippen LogP contribution in [0.15, 0.2) is 71.6 Å². The lowest BCUT2D eigenvalue weighted by molar-refractivity contribution is 0.0955. The van der Waals surface area contributed by atoms with E-state index in [1.807, 2.05) is 38.1 Å². The third kappa shape index (κ3) is 5.74. The summed E-state index contributed by atoms with van der Waals surface area (Å²) < 4.78 is 16.5. The van der Waals surface area contributed by atoms with Crippen LogP contribution in [0.5, 0.6) is 17.2 Å². The maximum absolute atomic E-state index is 12.8. The predicted molar refractivity (Wildman–Crippen MR) is 142 cm³/mol. The number of para-hydroxylation sites is 1. The summed E-state index contributed by atoms with van der Waals surface area (Å²) in [5, 5.41) is 4.19. The molecule has 0 aliphatic heterocycles. The predicted octanol–water partition coefficient (Wildman–Crippen LogP) is 6.16. The van der Waals surface area contributed by atoms with Gasteiger partial charge in [0.15, 0.2) is 11.5 Å². The molecule has 4 aromatic rings. The van der Waals surface area contributed by atoms with Crippen LogP contribution >= 0.6 is 11.8 Å². The molecule has 1 heterocycles. The second kappa shape index (κ2) is 11.7. The average Bonchev–Trinajstić information content (AvgIpc) is 3.26. The summed E-state index contributed by atoms with van der Waals surface area (Å²) in [7, 11) is 1.67. The zero-order chi connectivity index (χ0) is 24.6. The molecule has 2 N–H and O–H groups in total. The van der Waals surface area contributed by atoms with Gasteiger partial charge < -0.3 is 24.5 Å². The second-order valence-corrected chi connectivity index (χ2v) is 8.84. The number of H-pyrrole nitrogens is 1. The van der Waals surface area contributed by atoms with Gasteiger partial charge in [-0.05, 0) is 67.9 Å². The molecule has 0 atom stereocenters. The Balaban J connectivity index is 1.45. The monoisotopic (exact) mass is 490 g/mol. The number of aromatic nitrogens is 1. The molecular weight excluding hydrogens is 460 g/mol. The highest BCUT2D eigenvalue weighted by atomic mass is 32.2. The van der Waals surface area contributed by atoms with Crippen LogP contribution in [0.25, 0.3) is 22.2 Å². The van der Waals surface area contributed by atoms with Crippen molar-refractivity contribution in [1.82, 2.24) is 10.3 Å². The first kappa shape index (κ1) is 24.5. The minimum Gasteiger partial charge on any atom is -0.497 e. The van der Waals surface area contributed by atoms with Gasteiger partial charge in [-0.1, -0.05) is 18.2 Å². The summed E-state index contributed by atoms with van der Waals surface area (Å²) in [6.07, 6.45) is 0. The van der Waals surface area contributed by atoms with E-state index in [1.165, 1.54) is 10.3 Å². The molecule has 1 aromatic heterocycles. The van der Waals surface area contributed by atoms with Gasteiger partial charge in [-0.15, -0.1) is 11.8 Å². The summed E-state index contributed by atoms with van der Waals surface area (Å²) >= 11 is 1.72. The Hall–Kier alpha value is -3.58. The van der Waals surface area contributed by atoms with Crippen molar-refractivity contribution in [3.63, 3.8) is 0 Å². The van der Waals surface area contributed by atoms with E-state index in [0.29, 0.717) is 36.8 Å². The molecule has 0 bridgehead atoms. The van der Waals surface area contributed by atoms with Gasteiger partial charge in [0, 0.05) is 33.7 Å². The molecule has 0 aliphatic carbocycles. The normalized spacial score (nSPS) is 10.8. The molecular formula is C28H30N2O4S. The number of carbonyl (C=O) groups is 1. The Morgan fingerprint density at radius 2 is 1.69 bits per heavy atom. The second-order valence-electron chi connectivity index (χ2n) is 7.74. The Labute approximate surface area is 210 Å². The van der Waals surface area contributed by atoms with Gasteiger partial charge in [-0.3, -0.25) is 4.79 Å². The highest BCUT2D eigenvalue weighted by molar-refractivity contribution is 7.99. The smallest absolute Gasteiger partial charge is 0.251 e. The topological polar surface area (TPSA) is 72.6 Å². The Morgan fingerprint density at radius 3 is 2.43 bits per heavy atom. The quantitative estimate of drug-likeness (QED) is 0.195. The minimum atomic E-state index is -0.135. The van der Waals surface area contributed by atoms with Gasteiger partial charge >= 0.3 is 0 Å². The van der Waals surface area contributed by atoms with Crippen molar-refractivity contribution in [2.45, 2.75) is 18.7 Å². The SMILES string of the molecule is CCOc1ccc(C(=O)NCCSc2c(-c3ccc(OC)cc3)[nH]c3ccccc23)cc1OCC. The molecule has 0 radical (unpaired) electrons. The Bertz CT molecular complexity index is 1280. The molecule has 182 valence electrons. The van der Waals surface area contributed by atoms with E-state index in [-0.39, 0.29) is 5.91 Å². The van der Waals surface area contributed by atoms with Crippen molar-refractivity contribution in [3.05, 3.63) is 72.3 Å². The number of aromatic amines is 1. The largest absolute Gasteiger partial charge is 0.497 e. The molecule has 0 unspecified atom stereocenters. The Morgan fingerprint density at radius 1 is 0.943 bits per heavy atom. The van der Waals surface area contributed by atoms with Gasteiger partial charge in [0.25, 0.3) is 5.91 Å². The molecule has 0 aliphatic rings. The fraction of sp³-hybridized carbons (Fsp3) is 0.250. The first-order valence-electron chi connectivity index (χ1n) is 11.7. The number of fused-ring (bicyclic) bond motifs is 1. The van der Waals surface area contributed by atoms with Crippen molar-refractivity contribution in [1.29, 1.82) is 0 Å².